The number of methoxy groups -OCH3 is 1. The highest BCUT2D eigenvalue weighted by atomic mass is 16.5. The lowest BCUT2D eigenvalue weighted by atomic mass is 10.2. The minimum absolute atomic E-state index is 0.0725. The maximum absolute atomic E-state index is 7.86. The van der Waals surface area contributed by atoms with Gasteiger partial charge in [0.05, 0.1) is 12.1 Å². The van der Waals surface area contributed by atoms with Gasteiger partial charge in [-0.1, -0.05) is 12.1 Å². The van der Waals surface area contributed by atoms with E-state index >= 15 is 0 Å². The van der Waals surface area contributed by atoms with Crippen molar-refractivity contribution >= 4 is 16.7 Å². The molecule has 2 heterocycles. The number of anilines is 1. The van der Waals surface area contributed by atoms with Crippen LogP contribution in [0.15, 0.2) is 24.3 Å². The van der Waals surface area contributed by atoms with Crippen LogP contribution < -0.4 is 10.9 Å². The molecule has 0 amide bonds. The van der Waals surface area contributed by atoms with Crippen LogP contribution in [-0.2, 0) is 11.3 Å². The molecule has 0 aliphatic carbocycles. The van der Waals surface area contributed by atoms with Crippen LogP contribution >= 0.6 is 0 Å². The van der Waals surface area contributed by atoms with Crippen molar-refractivity contribution in [2.75, 3.05) is 12.4 Å². The zero-order valence-corrected chi connectivity index (χ0v) is 8.90. The van der Waals surface area contributed by atoms with Crippen molar-refractivity contribution in [2.45, 2.75) is 12.8 Å². The molecule has 0 saturated heterocycles. The van der Waals surface area contributed by atoms with Gasteiger partial charge >= 0.3 is 0 Å². The van der Waals surface area contributed by atoms with Crippen LogP contribution in [0.25, 0.3) is 10.9 Å². The summed E-state index contributed by atoms with van der Waals surface area (Å²) in [6.07, 6.45) is -0.0725. The van der Waals surface area contributed by atoms with Crippen molar-refractivity contribution in [2.24, 2.45) is 0 Å². The largest absolute Gasteiger partial charge is 0.360 e. The lowest BCUT2D eigenvalue weighted by Crippen LogP contribution is -2.23. The molecule has 82 valence electrons. The van der Waals surface area contributed by atoms with E-state index < -0.39 is 0 Å². The molecule has 1 aliphatic rings. The first-order valence-corrected chi connectivity index (χ1v) is 5.13. The molecule has 5 heteroatoms. The average Bonchev–Trinajstić information content (AvgIpc) is 2.74. The van der Waals surface area contributed by atoms with E-state index in [-0.39, 0.29) is 11.8 Å². The van der Waals surface area contributed by atoms with Gasteiger partial charge in [-0.3, -0.25) is 9.98 Å². The Kier molecular flexibility index (Phi) is 1.94. The topological polar surface area (TPSA) is 62.9 Å². The monoisotopic (exact) mass is 216 g/mol. The van der Waals surface area contributed by atoms with E-state index in [1.54, 1.807) is 7.11 Å². The summed E-state index contributed by atoms with van der Waals surface area (Å²) in [4.78, 5) is 4.25. The smallest absolute Gasteiger partial charge is 0.224 e. The second-order valence-corrected chi connectivity index (χ2v) is 3.78. The van der Waals surface area contributed by atoms with Crippen LogP contribution in [0.3, 0.4) is 0 Å². The highest BCUT2D eigenvalue weighted by molar-refractivity contribution is 5.89. The fourth-order valence-electron chi connectivity index (χ4n) is 2.03. The third-order valence-electron chi connectivity index (χ3n) is 2.84. The summed E-state index contributed by atoms with van der Waals surface area (Å²) < 4.78 is 7.08. The maximum Gasteiger partial charge on any atom is 0.224 e. The van der Waals surface area contributed by atoms with E-state index in [1.807, 2.05) is 28.8 Å². The summed E-state index contributed by atoms with van der Waals surface area (Å²) in [6.45, 7) is 0.627. The summed E-state index contributed by atoms with van der Waals surface area (Å²) in [5.41, 5.74) is 1.10. The van der Waals surface area contributed by atoms with E-state index in [9.17, 15) is 0 Å². The molecule has 0 radical (unpaired) electrons. The number of aromatic nitrogens is 2. The number of nitrogens with one attached hydrogen (secondary N) is 2. The van der Waals surface area contributed by atoms with Crippen molar-refractivity contribution in [1.82, 2.24) is 9.55 Å². The molecule has 1 unspecified atom stereocenters. The Morgan fingerprint density at radius 2 is 2.31 bits per heavy atom. The van der Waals surface area contributed by atoms with Crippen LogP contribution in [0.1, 0.15) is 0 Å². The maximum atomic E-state index is 7.86. The van der Waals surface area contributed by atoms with Gasteiger partial charge in [0.2, 0.25) is 5.62 Å². The quantitative estimate of drug-likeness (QED) is 0.745. The molecule has 5 nitrogen and oxygen atoms in total. The average molecular weight is 216 g/mol. The molecule has 2 aromatic rings. The first kappa shape index (κ1) is 9.35. The Morgan fingerprint density at radius 1 is 1.50 bits per heavy atom. The Hall–Kier alpha value is -1.88. The molecule has 1 aromatic carbocycles. The summed E-state index contributed by atoms with van der Waals surface area (Å²) in [7, 11) is 1.66. The predicted molar refractivity (Wildman–Crippen MR) is 60.0 cm³/mol. The number of ether oxygens (including phenoxy) is 1. The molecular formula is C11H12N4O. The molecule has 0 saturated carbocycles. The highest BCUT2D eigenvalue weighted by Gasteiger charge is 2.22. The first-order valence-electron chi connectivity index (χ1n) is 5.13. The fourth-order valence-corrected chi connectivity index (χ4v) is 2.03. The van der Waals surface area contributed by atoms with Crippen molar-refractivity contribution < 1.29 is 4.74 Å². The molecule has 1 aliphatic heterocycles. The molecule has 3 rings (SSSR count). The third kappa shape index (κ3) is 1.22. The Morgan fingerprint density at radius 3 is 3.12 bits per heavy atom. The van der Waals surface area contributed by atoms with Crippen LogP contribution in [0, 0.1) is 5.41 Å². The first-order chi connectivity index (χ1) is 7.79. The summed E-state index contributed by atoms with van der Waals surface area (Å²) >= 11 is 0. The second kappa shape index (κ2) is 3.31. The SMILES string of the molecule is COC1Cn2c(c3ccccc3nc2=N)N1. The Bertz CT molecular complexity index is 604. The number of rotatable bonds is 1. The molecule has 2 N–H and O–H groups in total. The lowest BCUT2D eigenvalue weighted by molar-refractivity contribution is 0.121. The Labute approximate surface area is 92.2 Å². The molecule has 1 aromatic heterocycles. The van der Waals surface area contributed by atoms with E-state index in [0.717, 1.165) is 16.7 Å². The zero-order chi connectivity index (χ0) is 11.1. The normalized spacial score (nSPS) is 18.4. The fraction of sp³-hybridized carbons (Fsp3) is 0.273. The number of hydrogen-bond acceptors (Lipinski definition) is 4. The van der Waals surface area contributed by atoms with Gasteiger partial charge in [-0.2, -0.15) is 0 Å². The summed E-state index contributed by atoms with van der Waals surface area (Å²) in [5, 5.41) is 12.1. The van der Waals surface area contributed by atoms with E-state index in [4.69, 9.17) is 10.1 Å². The minimum atomic E-state index is -0.0725. The van der Waals surface area contributed by atoms with Gasteiger partial charge in [-0.05, 0) is 12.1 Å². The third-order valence-corrected chi connectivity index (χ3v) is 2.84. The van der Waals surface area contributed by atoms with Crippen molar-refractivity contribution in [3.8, 4) is 0 Å². The number of fused-ring (bicyclic) bond motifs is 3. The highest BCUT2D eigenvalue weighted by Crippen LogP contribution is 2.24. The predicted octanol–water partition coefficient (Wildman–Crippen LogP) is 0.914. The van der Waals surface area contributed by atoms with Gasteiger partial charge in [0.25, 0.3) is 0 Å². The van der Waals surface area contributed by atoms with Crippen molar-refractivity contribution in [1.29, 1.82) is 5.41 Å². The second-order valence-electron chi connectivity index (χ2n) is 3.78. The number of para-hydroxylation sites is 1. The van der Waals surface area contributed by atoms with Crippen molar-refractivity contribution in [3.63, 3.8) is 0 Å². The van der Waals surface area contributed by atoms with E-state index in [2.05, 4.69) is 10.3 Å². The molecule has 0 bridgehead atoms. The zero-order valence-electron chi connectivity index (χ0n) is 8.90. The van der Waals surface area contributed by atoms with E-state index in [1.165, 1.54) is 0 Å². The molecule has 0 spiro atoms. The molecular weight excluding hydrogens is 204 g/mol. The summed E-state index contributed by atoms with van der Waals surface area (Å²) in [6, 6.07) is 7.81. The van der Waals surface area contributed by atoms with Crippen molar-refractivity contribution in [3.05, 3.63) is 29.9 Å². The number of hydrogen-bond donors (Lipinski definition) is 2. The molecule has 0 fully saturated rings. The van der Waals surface area contributed by atoms with Crippen LogP contribution in [-0.4, -0.2) is 22.9 Å². The Balaban J connectivity index is 2.31. The molecule has 1 atom stereocenters. The van der Waals surface area contributed by atoms with Gasteiger partial charge in [-0.15, -0.1) is 0 Å². The number of nitrogens with zero attached hydrogens (tertiary/aromatic N) is 2. The summed E-state index contributed by atoms with van der Waals surface area (Å²) in [5.74, 6) is 0.919. The van der Waals surface area contributed by atoms with Gasteiger partial charge in [0.1, 0.15) is 12.0 Å². The van der Waals surface area contributed by atoms with Gasteiger partial charge < -0.3 is 10.1 Å². The van der Waals surface area contributed by atoms with Crippen LogP contribution in [0.2, 0.25) is 0 Å². The minimum Gasteiger partial charge on any atom is -0.360 e. The van der Waals surface area contributed by atoms with Gasteiger partial charge in [0.15, 0.2) is 0 Å². The van der Waals surface area contributed by atoms with Crippen LogP contribution in [0.5, 0.6) is 0 Å². The van der Waals surface area contributed by atoms with Gasteiger partial charge in [-0.25, -0.2) is 4.98 Å². The lowest BCUT2D eigenvalue weighted by Gasteiger charge is -2.07. The molecule has 16 heavy (non-hydrogen) atoms. The number of benzene rings is 1. The standard InChI is InChI=1S/C11H12N4O/c1-16-9-6-15-10(14-9)7-4-2-3-5-8(7)13-11(15)12/h2-5,9,12,14H,6H2,1H3. The van der Waals surface area contributed by atoms with Gasteiger partial charge in [0, 0.05) is 12.5 Å². The van der Waals surface area contributed by atoms with E-state index in [0.29, 0.717) is 6.54 Å². The van der Waals surface area contributed by atoms with Crippen LogP contribution in [0.4, 0.5) is 5.82 Å².